The van der Waals surface area contributed by atoms with Crippen molar-refractivity contribution in [3.05, 3.63) is 34.3 Å². The lowest BCUT2D eigenvalue weighted by molar-refractivity contribution is 0.986. The van der Waals surface area contributed by atoms with Crippen molar-refractivity contribution in [2.75, 3.05) is 0 Å². The van der Waals surface area contributed by atoms with Crippen molar-refractivity contribution >= 4 is 22.9 Å². The zero-order chi connectivity index (χ0) is 9.97. The van der Waals surface area contributed by atoms with E-state index in [1.807, 2.05) is 24.3 Å². The number of halogens is 1. The molecule has 2 nitrogen and oxygen atoms in total. The molecule has 0 amide bonds. The fourth-order valence-corrected chi connectivity index (χ4v) is 2.24. The molecule has 1 aromatic carbocycles. The molecule has 2 aromatic rings. The molecule has 4 heteroatoms. The Balaban J connectivity index is 2.44. The Bertz CT molecular complexity index is 439. The van der Waals surface area contributed by atoms with E-state index in [-0.39, 0.29) is 0 Å². The minimum Gasteiger partial charge on any atom is -0.143 e. The third-order valence-electron chi connectivity index (χ3n) is 1.87. The molecular weight excluding hydrogens is 216 g/mol. The largest absolute Gasteiger partial charge is 0.149 e. The Hall–Kier alpha value is -0.930. The van der Waals surface area contributed by atoms with Gasteiger partial charge in [-0.3, -0.25) is 0 Å². The second kappa shape index (κ2) is 4.07. The SMILES string of the molecule is CCc1nnc(-c2ccccc2Cl)s1. The van der Waals surface area contributed by atoms with Crippen molar-refractivity contribution in [3.63, 3.8) is 0 Å². The summed E-state index contributed by atoms with van der Waals surface area (Å²) in [6.07, 6.45) is 0.919. The standard InChI is InChI=1S/C10H9ClN2S/c1-2-9-12-13-10(14-9)7-5-3-4-6-8(7)11/h3-6H,2H2,1H3. The molecule has 0 aliphatic carbocycles. The third-order valence-corrected chi connectivity index (χ3v) is 3.30. The lowest BCUT2D eigenvalue weighted by Crippen LogP contribution is -1.78. The highest BCUT2D eigenvalue weighted by Gasteiger charge is 2.07. The molecular formula is C10H9ClN2S. The molecule has 0 bridgehead atoms. The van der Waals surface area contributed by atoms with Gasteiger partial charge >= 0.3 is 0 Å². The Morgan fingerprint density at radius 2 is 2.07 bits per heavy atom. The third kappa shape index (κ3) is 1.79. The Morgan fingerprint density at radius 1 is 1.29 bits per heavy atom. The van der Waals surface area contributed by atoms with Gasteiger partial charge in [-0.15, -0.1) is 10.2 Å². The maximum atomic E-state index is 6.05. The van der Waals surface area contributed by atoms with E-state index in [2.05, 4.69) is 17.1 Å². The van der Waals surface area contributed by atoms with Crippen molar-refractivity contribution in [2.45, 2.75) is 13.3 Å². The molecule has 0 unspecified atom stereocenters. The van der Waals surface area contributed by atoms with E-state index in [1.165, 1.54) is 0 Å². The molecule has 1 aromatic heterocycles. The van der Waals surface area contributed by atoms with Gasteiger partial charge < -0.3 is 0 Å². The molecule has 0 fully saturated rings. The zero-order valence-electron chi connectivity index (χ0n) is 7.70. The highest BCUT2D eigenvalue weighted by molar-refractivity contribution is 7.14. The molecule has 72 valence electrons. The number of nitrogens with zero attached hydrogens (tertiary/aromatic N) is 2. The van der Waals surface area contributed by atoms with Gasteiger partial charge in [0, 0.05) is 5.56 Å². The van der Waals surface area contributed by atoms with Crippen molar-refractivity contribution in [1.82, 2.24) is 10.2 Å². The van der Waals surface area contributed by atoms with Gasteiger partial charge in [0.25, 0.3) is 0 Å². The number of hydrogen-bond acceptors (Lipinski definition) is 3. The van der Waals surface area contributed by atoms with Crippen LogP contribution in [-0.4, -0.2) is 10.2 Å². The second-order valence-electron chi connectivity index (χ2n) is 2.83. The predicted molar refractivity (Wildman–Crippen MR) is 59.7 cm³/mol. The van der Waals surface area contributed by atoms with E-state index >= 15 is 0 Å². The van der Waals surface area contributed by atoms with Crippen molar-refractivity contribution in [3.8, 4) is 10.6 Å². The number of aryl methyl sites for hydroxylation is 1. The first-order chi connectivity index (χ1) is 6.81. The first kappa shape index (κ1) is 9.62. The Kier molecular flexibility index (Phi) is 2.79. The molecule has 14 heavy (non-hydrogen) atoms. The van der Waals surface area contributed by atoms with Crippen molar-refractivity contribution in [2.24, 2.45) is 0 Å². The average Bonchev–Trinajstić information content (AvgIpc) is 2.67. The molecule has 0 N–H and O–H groups in total. The van der Waals surface area contributed by atoms with E-state index in [1.54, 1.807) is 11.3 Å². The van der Waals surface area contributed by atoms with Crippen LogP contribution < -0.4 is 0 Å². The molecule has 0 saturated heterocycles. The lowest BCUT2D eigenvalue weighted by Gasteiger charge is -1.96. The summed E-state index contributed by atoms with van der Waals surface area (Å²) >= 11 is 7.64. The lowest BCUT2D eigenvalue weighted by atomic mass is 10.2. The monoisotopic (exact) mass is 224 g/mol. The fourth-order valence-electron chi connectivity index (χ4n) is 1.14. The quantitative estimate of drug-likeness (QED) is 0.781. The molecule has 0 atom stereocenters. The van der Waals surface area contributed by atoms with Crippen LogP contribution in [0.25, 0.3) is 10.6 Å². The summed E-state index contributed by atoms with van der Waals surface area (Å²) in [5, 5.41) is 10.8. The first-order valence-corrected chi connectivity index (χ1v) is 5.58. The number of benzene rings is 1. The van der Waals surface area contributed by atoms with E-state index in [4.69, 9.17) is 11.6 Å². The van der Waals surface area contributed by atoms with E-state index in [0.29, 0.717) is 0 Å². The van der Waals surface area contributed by atoms with Gasteiger partial charge in [-0.05, 0) is 12.5 Å². The van der Waals surface area contributed by atoms with Crippen LogP contribution in [0.3, 0.4) is 0 Å². The molecule has 0 saturated carbocycles. The minimum atomic E-state index is 0.728. The van der Waals surface area contributed by atoms with Gasteiger partial charge in [0.05, 0.1) is 5.02 Å². The van der Waals surface area contributed by atoms with Gasteiger partial charge in [0.15, 0.2) is 0 Å². The van der Waals surface area contributed by atoms with Crippen LogP contribution in [0.4, 0.5) is 0 Å². The van der Waals surface area contributed by atoms with Crippen molar-refractivity contribution in [1.29, 1.82) is 0 Å². The van der Waals surface area contributed by atoms with Crippen LogP contribution in [0.15, 0.2) is 24.3 Å². The maximum absolute atomic E-state index is 6.05. The van der Waals surface area contributed by atoms with Crippen molar-refractivity contribution < 1.29 is 0 Å². The fraction of sp³-hybridized carbons (Fsp3) is 0.200. The number of rotatable bonds is 2. The molecule has 0 spiro atoms. The van der Waals surface area contributed by atoms with E-state index < -0.39 is 0 Å². The van der Waals surface area contributed by atoms with E-state index in [9.17, 15) is 0 Å². The maximum Gasteiger partial charge on any atom is 0.149 e. The van der Waals surface area contributed by atoms with Gasteiger partial charge in [-0.1, -0.05) is 48.1 Å². The molecule has 1 heterocycles. The summed E-state index contributed by atoms with van der Waals surface area (Å²) in [5.74, 6) is 0. The van der Waals surface area contributed by atoms with E-state index in [0.717, 1.165) is 27.0 Å². The first-order valence-electron chi connectivity index (χ1n) is 4.38. The summed E-state index contributed by atoms with van der Waals surface area (Å²) in [5.41, 5.74) is 0.964. The summed E-state index contributed by atoms with van der Waals surface area (Å²) in [6.45, 7) is 2.07. The molecule has 0 aliphatic rings. The predicted octanol–water partition coefficient (Wildman–Crippen LogP) is 3.42. The second-order valence-corrected chi connectivity index (χ2v) is 4.30. The minimum absolute atomic E-state index is 0.728. The average molecular weight is 225 g/mol. The zero-order valence-corrected chi connectivity index (χ0v) is 9.27. The van der Waals surface area contributed by atoms with Gasteiger partial charge in [-0.2, -0.15) is 0 Å². The Labute approximate surface area is 91.6 Å². The number of aromatic nitrogens is 2. The number of hydrogen-bond donors (Lipinski definition) is 0. The Morgan fingerprint density at radius 3 is 2.71 bits per heavy atom. The topological polar surface area (TPSA) is 25.8 Å². The summed E-state index contributed by atoms with van der Waals surface area (Å²) in [4.78, 5) is 0. The normalized spacial score (nSPS) is 10.4. The van der Waals surface area contributed by atoms with Crippen LogP contribution in [0.1, 0.15) is 11.9 Å². The summed E-state index contributed by atoms with van der Waals surface area (Å²) in [6, 6.07) is 7.69. The van der Waals surface area contributed by atoms with Crippen LogP contribution >= 0.6 is 22.9 Å². The molecule has 0 aliphatic heterocycles. The summed E-state index contributed by atoms with van der Waals surface area (Å²) < 4.78 is 0. The summed E-state index contributed by atoms with van der Waals surface area (Å²) in [7, 11) is 0. The van der Waals surface area contributed by atoms with Crippen LogP contribution in [0.5, 0.6) is 0 Å². The van der Waals surface area contributed by atoms with Gasteiger partial charge in [0.1, 0.15) is 10.0 Å². The molecule has 2 rings (SSSR count). The van der Waals surface area contributed by atoms with Gasteiger partial charge in [-0.25, -0.2) is 0 Å². The highest BCUT2D eigenvalue weighted by atomic mass is 35.5. The highest BCUT2D eigenvalue weighted by Crippen LogP contribution is 2.29. The van der Waals surface area contributed by atoms with Gasteiger partial charge in [0.2, 0.25) is 0 Å². The van der Waals surface area contributed by atoms with Crippen LogP contribution in [0.2, 0.25) is 5.02 Å². The molecule has 0 radical (unpaired) electrons. The van der Waals surface area contributed by atoms with Crippen LogP contribution in [0, 0.1) is 0 Å². The smallest absolute Gasteiger partial charge is 0.143 e. The van der Waals surface area contributed by atoms with Crippen LogP contribution in [-0.2, 0) is 6.42 Å².